The zero-order valence-corrected chi connectivity index (χ0v) is 14.8. The number of pyridine rings is 1. The highest BCUT2D eigenvalue weighted by Gasteiger charge is 2.18. The van der Waals surface area contributed by atoms with Crippen LogP contribution in [0.3, 0.4) is 0 Å². The van der Waals surface area contributed by atoms with Gasteiger partial charge in [0.1, 0.15) is 0 Å². The fourth-order valence-corrected chi connectivity index (χ4v) is 3.46. The zero-order valence-electron chi connectivity index (χ0n) is 14.0. The average Bonchev–Trinajstić information content (AvgIpc) is 2.54. The number of nitro groups is 1. The first-order valence-electron chi connectivity index (χ1n) is 7.80. The topological polar surface area (TPSA) is 114 Å². The molecule has 134 valence electrons. The largest absolute Gasteiger partial charge is 0.334 e. The van der Waals surface area contributed by atoms with Gasteiger partial charge in [0.2, 0.25) is 15.8 Å². The van der Waals surface area contributed by atoms with Crippen LogP contribution in [0.5, 0.6) is 0 Å². The van der Waals surface area contributed by atoms with E-state index in [-0.39, 0.29) is 17.3 Å². The quantitative estimate of drug-likeness (QED) is 0.546. The van der Waals surface area contributed by atoms with Crippen LogP contribution >= 0.6 is 0 Å². The maximum atomic E-state index is 11.9. The molecule has 0 aliphatic heterocycles. The molecule has 0 radical (unpaired) electrons. The van der Waals surface area contributed by atoms with E-state index in [1.807, 2.05) is 6.92 Å². The summed E-state index contributed by atoms with van der Waals surface area (Å²) in [6.07, 6.45) is 2.88. The molecule has 8 nitrogen and oxygen atoms in total. The van der Waals surface area contributed by atoms with Gasteiger partial charge in [-0.25, -0.2) is 13.4 Å². The molecule has 1 aromatic carbocycles. The minimum Gasteiger partial charge on any atom is -0.334 e. The Morgan fingerprint density at radius 2 is 1.80 bits per heavy atom. The van der Waals surface area contributed by atoms with Crippen LogP contribution in [0.25, 0.3) is 0 Å². The Morgan fingerprint density at radius 1 is 1.16 bits per heavy atom. The second-order valence-corrected chi connectivity index (χ2v) is 7.40. The van der Waals surface area contributed by atoms with E-state index in [1.54, 1.807) is 37.3 Å². The summed E-state index contributed by atoms with van der Waals surface area (Å²) in [5, 5.41) is 14.1. The van der Waals surface area contributed by atoms with Gasteiger partial charge in [-0.2, -0.15) is 0 Å². The van der Waals surface area contributed by atoms with E-state index < -0.39 is 14.9 Å². The smallest absolute Gasteiger partial charge is 0.314 e. The van der Waals surface area contributed by atoms with Gasteiger partial charge in [-0.05, 0) is 43.7 Å². The van der Waals surface area contributed by atoms with Crippen LogP contribution in [-0.4, -0.2) is 24.1 Å². The Bertz CT molecular complexity index is 851. The number of aromatic nitrogens is 1. The molecule has 0 fully saturated rings. The number of unbranched alkanes of at least 4 members (excludes halogenated alkanes) is 1. The van der Waals surface area contributed by atoms with Crippen molar-refractivity contribution < 1.29 is 13.3 Å². The standard InChI is InChI=1S/C16H20N4O4S/c1-3-4-11-25(23,24)19-14-7-5-13(6-8-14)18-16-15(20(21)22)12(2)9-10-17-16/h5-10,19H,3-4,11H2,1-2H3,(H,17,18). The summed E-state index contributed by atoms with van der Waals surface area (Å²) in [7, 11) is -3.36. The summed E-state index contributed by atoms with van der Waals surface area (Å²) < 4.78 is 26.3. The molecule has 2 N–H and O–H groups in total. The van der Waals surface area contributed by atoms with E-state index in [9.17, 15) is 18.5 Å². The number of sulfonamides is 1. The second-order valence-electron chi connectivity index (χ2n) is 5.56. The molecule has 2 aromatic rings. The van der Waals surface area contributed by atoms with E-state index in [4.69, 9.17) is 0 Å². The normalized spacial score (nSPS) is 11.1. The molecular weight excluding hydrogens is 344 g/mol. The molecule has 9 heteroatoms. The molecule has 2 rings (SSSR count). The van der Waals surface area contributed by atoms with Crippen LogP contribution < -0.4 is 10.0 Å². The van der Waals surface area contributed by atoms with Gasteiger partial charge >= 0.3 is 5.69 Å². The molecule has 1 heterocycles. The lowest BCUT2D eigenvalue weighted by Gasteiger charge is -2.10. The van der Waals surface area contributed by atoms with E-state index >= 15 is 0 Å². The van der Waals surface area contributed by atoms with Crippen molar-refractivity contribution in [2.24, 2.45) is 0 Å². The summed E-state index contributed by atoms with van der Waals surface area (Å²) in [5.41, 5.74) is 1.42. The molecule has 0 aliphatic rings. The fraction of sp³-hybridized carbons (Fsp3) is 0.312. The first-order valence-corrected chi connectivity index (χ1v) is 9.45. The molecule has 0 bridgehead atoms. The molecule has 25 heavy (non-hydrogen) atoms. The number of nitrogens with one attached hydrogen (secondary N) is 2. The lowest BCUT2D eigenvalue weighted by molar-refractivity contribution is -0.384. The third-order valence-corrected chi connectivity index (χ3v) is 4.87. The summed E-state index contributed by atoms with van der Waals surface area (Å²) in [6.45, 7) is 3.56. The summed E-state index contributed by atoms with van der Waals surface area (Å²) in [4.78, 5) is 14.7. The Morgan fingerprint density at radius 3 is 2.40 bits per heavy atom. The van der Waals surface area contributed by atoms with Crippen LogP contribution in [0.4, 0.5) is 22.9 Å². The maximum Gasteiger partial charge on any atom is 0.314 e. The van der Waals surface area contributed by atoms with Gasteiger partial charge in [-0.3, -0.25) is 14.8 Å². The number of nitrogens with zero attached hydrogens (tertiary/aromatic N) is 2. The Hall–Kier alpha value is -2.68. The molecule has 0 amide bonds. The third kappa shape index (κ3) is 5.15. The first kappa shape index (κ1) is 18.7. The lowest BCUT2D eigenvalue weighted by Crippen LogP contribution is -2.16. The van der Waals surface area contributed by atoms with Crippen LogP contribution in [0, 0.1) is 17.0 Å². The average molecular weight is 364 g/mol. The van der Waals surface area contributed by atoms with Gasteiger partial charge in [0.05, 0.1) is 10.7 Å². The van der Waals surface area contributed by atoms with Crippen LogP contribution in [-0.2, 0) is 10.0 Å². The van der Waals surface area contributed by atoms with Crippen LogP contribution in [0.2, 0.25) is 0 Å². The number of hydrogen-bond donors (Lipinski definition) is 2. The monoisotopic (exact) mass is 364 g/mol. The van der Waals surface area contributed by atoms with Crippen molar-refractivity contribution in [3.63, 3.8) is 0 Å². The predicted octanol–water partition coefficient (Wildman–Crippen LogP) is 3.58. The van der Waals surface area contributed by atoms with Crippen LogP contribution in [0.1, 0.15) is 25.3 Å². The van der Waals surface area contributed by atoms with E-state index in [1.165, 1.54) is 6.20 Å². The van der Waals surface area contributed by atoms with E-state index in [0.29, 0.717) is 23.4 Å². The second kappa shape index (κ2) is 7.93. The molecule has 0 atom stereocenters. The highest BCUT2D eigenvalue weighted by atomic mass is 32.2. The molecular formula is C16H20N4O4S. The van der Waals surface area contributed by atoms with E-state index in [0.717, 1.165) is 6.42 Å². The highest BCUT2D eigenvalue weighted by molar-refractivity contribution is 7.92. The SMILES string of the molecule is CCCCS(=O)(=O)Nc1ccc(Nc2nccc(C)c2[N+](=O)[O-])cc1. The van der Waals surface area contributed by atoms with Gasteiger partial charge in [-0.15, -0.1) is 0 Å². The highest BCUT2D eigenvalue weighted by Crippen LogP contribution is 2.28. The molecule has 1 aromatic heterocycles. The van der Waals surface area contributed by atoms with E-state index in [2.05, 4.69) is 15.0 Å². The molecule has 0 unspecified atom stereocenters. The molecule has 0 spiro atoms. The Labute approximate surface area is 146 Å². The van der Waals surface area contributed by atoms with Gasteiger partial charge in [0, 0.05) is 23.1 Å². The van der Waals surface area contributed by atoms with Crippen molar-refractivity contribution >= 4 is 32.9 Å². The number of rotatable bonds is 8. The lowest BCUT2D eigenvalue weighted by atomic mass is 10.2. The van der Waals surface area contributed by atoms with Crippen molar-refractivity contribution in [3.8, 4) is 0 Å². The van der Waals surface area contributed by atoms with Crippen molar-refractivity contribution in [2.75, 3.05) is 15.8 Å². The van der Waals surface area contributed by atoms with Gasteiger partial charge < -0.3 is 5.32 Å². The number of anilines is 3. The first-order chi connectivity index (χ1) is 11.8. The van der Waals surface area contributed by atoms with Crippen molar-refractivity contribution in [2.45, 2.75) is 26.7 Å². The molecule has 0 saturated heterocycles. The minimum absolute atomic E-state index is 0.0723. The van der Waals surface area contributed by atoms with Gasteiger partial charge in [-0.1, -0.05) is 13.3 Å². The molecule has 0 aliphatic carbocycles. The van der Waals surface area contributed by atoms with Crippen molar-refractivity contribution in [3.05, 3.63) is 52.2 Å². The molecule has 0 saturated carbocycles. The summed E-state index contributed by atoms with van der Waals surface area (Å²) in [6, 6.07) is 8.01. The Balaban J connectivity index is 2.14. The fourth-order valence-electron chi connectivity index (χ4n) is 2.20. The number of hydrogen-bond acceptors (Lipinski definition) is 6. The number of aryl methyl sites for hydroxylation is 1. The maximum absolute atomic E-state index is 11.9. The zero-order chi connectivity index (χ0) is 18.4. The minimum atomic E-state index is -3.36. The van der Waals surface area contributed by atoms with Crippen LogP contribution in [0.15, 0.2) is 36.5 Å². The van der Waals surface area contributed by atoms with Gasteiger partial charge in [0.15, 0.2) is 0 Å². The Kier molecular flexibility index (Phi) is 5.92. The summed E-state index contributed by atoms with van der Waals surface area (Å²) >= 11 is 0. The number of benzene rings is 1. The predicted molar refractivity (Wildman–Crippen MR) is 97.7 cm³/mol. The van der Waals surface area contributed by atoms with Gasteiger partial charge in [0.25, 0.3) is 0 Å². The summed E-state index contributed by atoms with van der Waals surface area (Å²) in [5.74, 6) is 0.212. The van der Waals surface area contributed by atoms with Crippen molar-refractivity contribution in [1.82, 2.24) is 4.98 Å². The third-order valence-electron chi connectivity index (χ3n) is 3.50. The van der Waals surface area contributed by atoms with Crippen molar-refractivity contribution in [1.29, 1.82) is 0 Å².